The van der Waals surface area contributed by atoms with Gasteiger partial charge in [-0.1, -0.05) is 59.7 Å². The SMILES string of the molecule is CCC(C)c1c(CCC(C)CN)cccc1C(C)(C)C. The van der Waals surface area contributed by atoms with Gasteiger partial charge in [-0.3, -0.25) is 0 Å². The van der Waals surface area contributed by atoms with Crippen LogP contribution in [-0.4, -0.2) is 6.54 Å². The number of nitrogens with two attached hydrogens (primary N) is 1. The van der Waals surface area contributed by atoms with Gasteiger partial charge in [0.25, 0.3) is 0 Å². The van der Waals surface area contributed by atoms with E-state index in [4.69, 9.17) is 5.73 Å². The molecule has 0 aliphatic heterocycles. The molecule has 0 spiro atoms. The number of aryl methyl sites for hydroxylation is 1. The van der Waals surface area contributed by atoms with Crippen LogP contribution >= 0.6 is 0 Å². The van der Waals surface area contributed by atoms with Gasteiger partial charge in [-0.25, -0.2) is 0 Å². The lowest BCUT2D eigenvalue weighted by Gasteiger charge is -2.28. The number of benzene rings is 1. The first-order valence-electron chi connectivity index (χ1n) is 8.13. The molecule has 1 nitrogen and oxygen atoms in total. The van der Waals surface area contributed by atoms with Crippen LogP contribution < -0.4 is 5.73 Å². The van der Waals surface area contributed by atoms with E-state index in [1.807, 2.05) is 0 Å². The monoisotopic (exact) mass is 275 g/mol. The maximum atomic E-state index is 5.76. The second-order valence-corrected chi connectivity index (χ2v) is 7.32. The molecule has 0 aliphatic rings. The van der Waals surface area contributed by atoms with E-state index in [2.05, 4.69) is 59.7 Å². The molecule has 2 atom stereocenters. The van der Waals surface area contributed by atoms with Crippen molar-refractivity contribution in [2.24, 2.45) is 11.7 Å². The van der Waals surface area contributed by atoms with E-state index in [0.29, 0.717) is 11.8 Å². The zero-order valence-corrected chi connectivity index (χ0v) is 14.3. The largest absolute Gasteiger partial charge is 0.330 e. The molecule has 0 fully saturated rings. The van der Waals surface area contributed by atoms with Crippen LogP contribution in [0.4, 0.5) is 0 Å². The highest BCUT2D eigenvalue weighted by molar-refractivity contribution is 5.41. The highest BCUT2D eigenvalue weighted by Crippen LogP contribution is 2.35. The van der Waals surface area contributed by atoms with Crippen LogP contribution in [0.25, 0.3) is 0 Å². The standard InChI is InChI=1S/C19H33N/c1-7-15(3)18-16(12-11-14(2)13-20)9-8-10-17(18)19(4,5)6/h8-10,14-15H,7,11-13,20H2,1-6H3. The topological polar surface area (TPSA) is 26.0 Å². The minimum Gasteiger partial charge on any atom is -0.330 e. The van der Waals surface area contributed by atoms with Crippen LogP contribution in [0.15, 0.2) is 18.2 Å². The molecule has 0 heterocycles. The maximum absolute atomic E-state index is 5.76. The normalized spacial score (nSPS) is 15.2. The van der Waals surface area contributed by atoms with E-state index in [0.717, 1.165) is 13.0 Å². The zero-order valence-electron chi connectivity index (χ0n) is 14.3. The summed E-state index contributed by atoms with van der Waals surface area (Å²) in [4.78, 5) is 0. The van der Waals surface area contributed by atoms with Gasteiger partial charge in [-0.15, -0.1) is 0 Å². The van der Waals surface area contributed by atoms with Crippen LogP contribution in [0.5, 0.6) is 0 Å². The van der Waals surface area contributed by atoms with Crippen LogP contribution in [0.1, 0.15) is 77.0 Å². The van der Waals surface area contributed by atoms with Gasteiger partial charge in [0, 0.05) is 0 Å². The van der Waals surface area contributed by atoms with Crippen molar-refractivity contribution in [3.63, 3.8) is 0 Å². The molecule has 2 N–H and O–H groups in total. The summed E-state index contributed by atoms with van der Waals surface area (Å²) >= 11 is 0. The Kier molecular flexibility index (Phi) is 6.26. The van der Waals surface area contributed by atoms with Gasteiger partial charge in [0.05, 0.1) is 0 Å². The smallest absolute Gasteiger partial charge is 0.00514 e. The molecular weight excluding hydrogens is 242 g/mol. The highest BCUT2D eigenvalue weighted by Gasteiger charge is 2.22. The van der Waals surface area contributed by atoms with Gasteiger partial charge in [-0.05, 0) is 59.7 Å². The van der Waals surface area contributed by atoms with Crippen LogP contribution in [0.3, 0.4) is 0 Å². The summed E-state index contributed by atoms with van der Waals surface area (Å²) in [7, 11) is 0. The molecule has 0 saturated carbocycles. The molecule has 0 aliphatic carbocycles. The molecule has 0 amide bonds. The Hall–Kier alpha value is -0.820. The van der Waals surface area contributed by atoms with E-state index >= 15 is 0 Å². The molecule has 0 radical (unpaired) electrons. The van der Waals surface area contributed by atoms with E-state index in [-0.39, 0.29) is 5.41 Å². The van der Waals surface area contributed by atoms with Gasteiger partial charge >= 0.3 is 0 Å². The zero-order chi connectivity index (χ0) is 15.3. The average molecular weight is 275 g/mol. The summed E-state index contributed by atoms with van der Waals surface area (Å²) < 4.78 is 0. The molecule has 0 bridgehead atoms. The van der Waals surface area contributed by atoms with Crippen molar-refractivity contribution >= 4 is 0 Å². The van der Waals surface area contributed by atoms with Crippen LogP contribution in [0.2, 0.25) is 0 Å². The molecule has 114 valence electrons. The molecule has 1 aromatic rings. The number of hydrogen-bond acceptors (Lipinski definition) is 1. The van der Waals surface area contributed by atoms with Gasteiger partial charge in [0.2, 0.25) is 0 Å². The molecular formula is C19H33N. The molecule has 0 aromatic heterocycles. The second kappa shape index (κ2) is 7.26. The van der Waals surface area contributed by atoms with Crippen molar-refractivity contribution in [1.29, 1.82) is 0 Å². The van der Waals surface area contributed by atoms with Crippen molar-refractivity contribution in [2.45, 2.75) is 72.1 Å². The Morgan fingerprint density at radius 3 is 2.30 bits per heavy atom. The Balaban J connectivity index is 3.16. The fourth-order valence-corrected chi connectivity index (χ4v) is 2.79. The van der Waals surface area contributed by atoms with Crippen LogP contribution in [0, 0.1) is 5.92 Å². The lowest BCUT2D eigenvalue weighted by molar-refractivity contribution is 0.535. The third-order valence-electron chi connectivity index (χ3n) is 4.42. The van der Waals surface area contributed by atoms with Gasteiger partial charge < -0.3 is 5.73 Å². The molecule has 0 saturated heterocycles. The summed E-state index contributed by atoms with van der Waals surface area (Å²) in [6.07, 6.45) is 3.54. The predicted molar refractivity (Wildman–Crippen MR) is 90.4 cm³/mol. The Morgan fingerprint density at radius 2 is 1.80 bits per heavy atom. The summed E-state index contributed by atoms with van der Waals surface area (Å²) in [5.41, 5.74) is 10.6. The maximum Gasteiger partial charge on any atom is -0.00514 e. The molecule has 2 unspecified atom stereocenters. The van der Waals surface area contributed by atoms with Crippen molar-refractivity contribution in [3.8, 4) is 0 Å². The van der Waals surface area contributed by atoms with Crippen LogP contribution in [-0.2, 0) is 11.8 Å². The van der Waals surface area contributed by atoms with Gasteiger partial charge in [0.1, 0.15) is 0 Å². The predicted octanol–water partition coefficient (Wildman–Crippen LogP) is 5.03. The first-order chi connectivity index (χ1) is 9.31. The lowest BCUT2D eigenvalue weighted by atomic mass is 9.77. The van der Waals surface area contributed by atoms with Crippen molar-refractivity contribution in [2.75, 3.05) is 6.54 Å². The van der Waals surface area contributed by atoms with Gasteiger partial charge in [-0.2, -0.15) is 0 Å². The minimum absolute atomic E-state index is 0.217. The average Bonchev–Trinajstić information content (AvgIpc) is 2.42. The van der Waals surface area contributed by atoms with E-state index in [1.165, 1.54) is 24.0 Å². The molecule has 1 aromatic carbocycles. The Bertz CT molecular complexity index is 414. The number of rotatable bonds is 6. The Morgan fingerprint density at radius 1 is 1.15 bits per heavy atom. The summed E-state index contributed by atoms with van der Waals surface area (Å²) in [5.74, 6) is 1.24. The third-order valence-corrected chi connectivity index (χ3v) is 4.42. The van der Waals surface area contributed by atoms with Gasteiger partial charge in [0.15, 0.2) is 0 Å². The molecule has 20 heavy (non-hydrogen) atoms. The van der Waals surface area contributed by atoms with E-state index in [9.17, 15) is 0 Å². The fraction of sp³-hybridized carbons (Fsp3) is 0.684. The summed E-state index contributed by atoms with van der Waals surface area (Å²) in [6.45, 7) is 14.6. The van der Waals surface area contributed by atoms with E-state index < -0.39 is 0 Å². The number of hydrogen-bond donors (Lipinski definition) is 1. The van der Waals surface area contributed by atoms with Crippen molar-refractivity contribution < 1.29 is 0 Å². The second-order valence-electron chi connectivity index (χ2n) is 7.32. The summed E-state index contributed by atoms with van der Waals surface area (Å²) in [5, 5.41) is 0. The third kappa shape index (κ3) is 4.34. The molecule has 1 heteroatoms. The van der Waals surface area contributed by atoms with Crippen molar-refractivity contribution in [1.82, 2.24) is 0 Å². The minimum atomic E-state index is 0.217. The highest BCUT2D eigenvalue weighted by atomic mass is 14.5. The van der Waals surface area contributed by atoms with E-state index in [1.54, 1.807) is 5.56 Å². The first kappa shape index (κ1) is 17.2. The van der Waals surface area contributed by atoms with Crippen molar-refractivity contribution in [3.05, 3.63) is 34.9 Å². The summed E-state index contributed by atoms with van der Waals surface area (Å²) in [6, 6.07) is 6.87. The molecule has 1 rings (SSSR count). The Labute approximate surface area is 126 Å². The first-order valence-corrected chi connectivity index (χ1v) is 8.13. The fourth-order valence-electron chi connectivity index (χ4n) is 2.79. The quantitative estimate of drug-likeness (QED) is 0.774. The lowest BCUT2D eigenvalue weighted by Crippen LogP contribution is -2.18.